The smallest absolute Gasteiger partial charge is 0.442 e. The van der Waals surface area contributed by atoms with E-state index in [1.165, 1.54) is 31.5 Å². The maximum absolute atomic E-state index is 12.4. The fraction of sp³-hybridized carbons (Fsp3) is 0.125. The number of pyridine rings is 1. The van der Waals surface area contributed by atoms with Crippen LogP contribution in [0.2, 0.25) is 0 Å². The number of benzene rings is 1. The Kier molecular flexibility index (Phi) is 4.92. The van der Waals surface area contributed by atoms with Crippen LogP contribution in [0.1, 0.15) is 0 Å². The van der Waals surface area contributed by atoms with Crippen LogP contribution in [-0.4, -0.2) is 32.6 Å². The van der Waals surface area contributed by atoms with Gasteiger partial charge in [0.25, 0.3) is 5.69 Å². The van der Waals surface area contributed by atoms with Crippen LogP contribution in [0, 0.1) is 10.1 Å². The lowest BCUT2D eigenvalue weighted by Crippen LogP contribution is -2.25. The molecule has 138 valence electrons. The fourth-order valence-electron chi connectivity index (χ4n) is 2.32. The Morgan fingerprint density at radius 1 is 1.37 bits per heavy atom. The van der Waals surface area contributed by atoms with Gasteiger partial charge in [0.05, 0.1) is 23.8 Å². The summed E-state index contributed by atoms with van der Waals surface area (Å²) in [6.45, 7) is -0.394. The number of nitro groups is 1. The van der Waals surface area contributed by atoms with E-state index >= 15 is 0 Å². The fourth-order valence-corrected chi connectivity index (χ4v) is 2.32. The minimum atomic E-state index is -0.818. The van der Waals surface area contributed by atoms with Gasteiger partial charge in [-0.3, -0.25) is 24.4 Å². The van der Waals surface area contributed by atoms with Crippen molar-refractivity contribution in [3.05, 3.63) is 63.3 Å². The molecule has 0 radical (unpaired) electrons. The van der Waals surface area contributed by atoms with Crippen molar-refractivity contribution in [1.82, 2.24) is 14.7 Å². The molecule has 27 heavy (non-hydrogen) atoms. The number of hydrogen-bond donors (Lipinski definition) is 1. The molecule has 0 aliphatic carbocycles. The van der Waals surface area contributed by atoms with E-state index < -0.39 is 23.1 Å². The predicted octanol–water partition coefficient (Wildman–Crippen LogP) is 1.45. The number of carbonyl (C=O) groups is 1. The number of carbonyl (C=O) groups excluding carboxylic acids is 1. The Morgan fingerprint density at radius 2 is 2.19 bits per heavy atom. The van der Waals surface area contributed by atoms with Gasteiger partial charge in [-0.1, -0.05) is 11.2 Å². The highest BCUT2D eigenvalue weighted by Crippen LogP contribution is 2.29. The van der Waals surface area contributed by atoms with Crippen LogP contribution in [0.4, 0.5) is 11.4 Å². The third-order valence-electron chi connectivity index (χ3n) is 3.55. The molecule has 3 aromatic rings. The molecule has 11 nitrogen and oxygen atoms in total. The SMILES string of the molecule is COc1cc([N+](=O)[O-])ccc1NC(=O)Cn1c(-c2ccccn2)noc1=O. The zero-order valence-corrected chi connectivity index (χ0v) is 14.0. The van der Waals surface area contributed by atoms with Gasteiger partial charge in [0, 0.05) is 12.3 Å². The lowest BCUT2D eigenvalue weighted by Gasteiger charge is -2.10. The molecule has 0 fully saturated rings. The van der Waals surface area contributed by atoms with E-state index in [1.54, 1.807) is 18.2 Å². The van der Waals surface area contributed by atoms with Crippen LogP contribution in [0.15, 0.2) is 51.9 Å². The van der Waals surface area contributed by atoms with Gasteiger partial charge >= 0.3 is 5.76 Å². The van der Waals surface area contributed by atoms with Crippen molar-refractivity contribution in [1.29, 1.82) is 0 Å². The van der Waals surface area contributed by atoms with Crippen molar-refractivity contribution < 1.29 is 19.0 Å². The Labute approximate surface area is 151 Å². The summed E-state index contributed by atoms with van der Waals surface area (Å²) in [5.74, 6) is -1.18. The quantitative estimate of drug-likeness (QED) is 0.507. The number of methoxy groups -OCH3 is 1. The second kappa shape index (κ2) is 7.47. The molecule has 0 aliphatic heterocycles. The zero-order valence-electron chi connectivity index (χ0n) is 14.0. The molecule has 3 rings (SSSR count). The number of hydrogen-bond acceptors (Lipinski definition) is 8. The molecule has 0 aliphatic rings. The molecule has 0 spiro atoms. The Hall–Kier alpha value is -4.02. The second-order valence-electron chi connectivity index (χ2n) is 5.26. The molecule has 2 heterocycles. The molecule has 11 heteroatoms. The number of rotatable bonds is 6. The van der Waals surface area contributed by atoms with Gasteiger partial charge < -0.3 is 10.1 Å². The monoisotopic (exact) mass is 371 g/mol. The first-order valence-corrected chi connectivity index (χ1v) is 7.60. The van der Waals surface area contributed by atoms with E-state index in [0.29, 0.717) is 5.69 Å². The minimum Gasteiger partial charge on any atom is -0.494 e. The summed E-state index contributed by atoms with van der Waals surface area (Å²) in [6.07, 6.45) is 1.51. The average Bonchev–Trinajstić information content (AvgIpc) is 3.03. The summed E-state index contributed by atoms with van der Waals surface area (Å²) in [5, 5.41) is 17.0. The van der Waals surface area contributed by atoms with Gasteiger partial charge in [-0.25, -0.2) is 9.36 Å². The average molecular weight is 371 g/mol. The topological polar surface area (TPSA) is 142 Å². The maximum Gasteiger partial charge on any atom is 0.442 e. The van der Waals surface area contributed by atoms with Crippen LogP contribution in [0.3, 0.4) is 0 Å². The first-order valence-electron chi connectivity index (χ1n) is 7.60. The molecule has 0 atom stereocenters. The molecule has 0 saturated heterocycles. The summed E-state index contributed by atoms with van der Waals surface area (Å²) < 4.78 is 10.7. The number of nitrogens with one attached hydrogen (secondary N) is 1. The number of nitro benzene ring substituents is 1. The molecule has 1 N–H and O–H groups in total. The van der Waals surface area contributed by atoms with Gasteiger partial charge in [0.15, 0.2) is 0 Å². The van der Waals surface area contributed by atoms with Crippen LogP contribution >= 0.6 is 0 Å². The molecule has 2 aromatic heterocycles. The number of amides is 1. The maximum atomic E-state index is 12.4. The van der Waals surface area contributed by atoms with E-state index in [1.807, 2.05) is 0 Å². The third-order valence-corrected chi connectivity index (χ3v) is 3.55. The predicted molar refractivity (Wildman–Crippen MR) is 92.3 cm³/mol. The van der Waals surface area contributed by atoms with Crippen molar-refractivity contribution in [2.24, 2.45) is 0 Å². The van der Waals surface area contributed by atoms with Crippen molar-refractivity contribution >= 4 is 17.3 Å². The molecular formula is C16H13N5O6. The van der Waals surface area contributed by atoms with Crippen LogP contribution in [-0.2, 0) is 11.3 Å². The molecule has 0 bridgehead atoms. The minimum absolute atomic E-state index is 0.103. The van der Waals surface area contributed by atoms with E-state index in [9.17, 15) is 19.7 Å². The lowest BCUT2D eigenvalue weighted by atomic mass is 10.2. The molecule has 1 aromatic carbocycles. The van der Waals surface area contributed by atoms with Crippen LogP contribution in [0.25, 0.3) is 11.5 Å². The summed E-state index contributed by atoms with van der Waals surface area (Å²) in [4.78, 5) is 38.5. The summed E-state index contributed by atoms with van der Waals surface area (Å²) >= 11 is 0. The van der Waals surface area contributed by atoms with Crippen molar-refractivity contribution in [2.45, 2.75) is 6.54 Å². The largest absolute Gasteiger partial charge is 0.494 e. The van der Waals surface area contributed by atoms with E-state index in [2.05, 4.69) is 20.0 Å². The standard InChI is InChI=1S/C16H13N5O6/c1-26-13-8-10(21(24)25)5-6-11(13)18-14(22)9-20-15(19-27-16(20)23)12-4-2-3-7-17-12/h2-8H,9H2,1H3,(H,18,22). The number of nitrogens with zero attached hydrogens (tertiary/aromatic N) is 4. The highest BCUT2D eigenvalue weighted by molar-refractivity contribution is 5.92. The third kappa shape index (κ3) is 3.81. The van der Waals surface area contributed by atoms with Crippen LogP contribution < -0.4 is 15.8 Å². The number of ether oxygens (including phenoxy) is 1. The lowest BCUT2D eigenvalue weighted by molar-refractivity contribution is -0.384. The first kappa shape index (κ1) is 17.8. The van der Waals surface area contributed by atoms with Gasteiger partial charge in [0.1, 0.15) is 18.0 Å². The zero-order chi connectivity index (χ0) is 19.4. The van der Waals surface area contributed by atoms with Crippen molar-refractivity contribution in [3.63, 3.8) is 0 Å². The Balaban J connectivity index is 1.83. The first-order chi connectivity index (χ1) is 13.0. The van der Waals surface area contributed by atoms with E-state index in [0.717, 1.165) is 4.57 Å². The van der Waals surface area contributed by atoms with E-state index in [-0.39, 0.29) is 22.9 Å². The Bertz CT molecular complexity index is 1040. The van der Waals surface area contributed by atoms with Gasteiger partial charge in [-0.2, -0.15) is 0 Å². The van der Waals surface area contributed by atoms with Gasteiger partial charge in [-0.05, 0) is 18.2 Å². The van der Waals surface area contributed by atoms with Gasteiger partial charge in [-0.15, -0.1) is 0 Å². The number of non-ortho nitro benzene ring substituents is 1. The van der Waals surface area contributed by atoms with Crippen LogP contribution in [0.5, 0.6) is 5.75 Å². The van der Waals surface area contributed by atoms with Crippen molar-refractivity contribution in [3.8, 4) is 17.3 Å². The number of aromatic nitrogens is 3. The highest BCUT2D eigenvalue weighted by Gasteiger charge is 2.18. The van der Waals surface area contributed by atoms with Crippen molar-refractivity contribution in [2.75, 3.05) is 12.4 Å². The normalized spacial score (nSPS) is 10.4. The molecule has 1 amide bonds. The molecule has 0 saturated carbocycles. The number of anilines is 1. The second-order valence-corrected chi connectivity index (χ2v) is 5.26. The Morgan fingerprint density at radius 3 is 2.85 bits per heavy atom. The highest BCUT2D eigenvalue weighted by atomic mass is 16.6. The summed E-state index contributed by atoms with van der Waals surface area (Å²) in [6, 6.07) is 8.76. The van der Waals surface area contributed by atoms with E-state index in [4.69, 9.17) is 4.74 Å². The summed E-state index contributed by atoms with van der Waals surface area (Å²) in [7, 11) is 1.32. The molecular weight excluding hydrogens is 358 g/mol. The summed E-state index contributed by atoms with van der Waals surface area (Å²) in [5.41, 5.74) is 0.401. The molecule has 0 unspecified atom stereocenters. The van der Waals surface area contributed by atoms with Gasteiger partial charge in [0.2, 0.25) is 11.7 Å².